The first kappa shape index (κ1) is 22.9. The first-order valence-electron chi connectivity index (χ1n) is 9.28. The van der Waals surface area contributed by atoms with E-state index < -0.39 is 0 Å². The zero-order valence-corrected chi connectivity index (χ0v) is 19.6. The largest absolute Gasteiger partial charge is 0.397 e. The predicted octanol–water partition coefficient (Wildman–Crippen LogP) is 4.10. The number of morpholine rings is 1. The van der Waals surface area contributed by atoms with Gasteiger partial charge in [-0.1, -0.05) is 27.5 Å². The molecule has 1 aliphatic rings. The quantitative estimate of drug-likeness (QED) is 0.294. The number of nitrogens with two attached hydrogens (primary N) is 1. The molecule has 1 heterocycles. The highest BCUT2D eigenvalue weighted by molar-refractivity contribution is 9.10. The second-order valence-corrected chi connectivity index (χ2v) is 9.31. The summed E-state index contributed by atoms with van der Waals surface area (Å²) in [7, 11) is 1.81. The average molecular weight is 513 g/mol. The number of halogens is 2. The molecule has 1 amide bonds. The topological polar surface area (TPSA) is 94.7 Å². The average Bonchev–Trinajstić information content (AvgIpc) is 2.71. The molecule has 0 saturated carbocycles. The molecule has 0 atom stereocenters. The third kappa shape index (κ3) is 5.89. The van der Waals surface area contributed by atoms with Gasteiger partial charge in [-0.3, -0.25) is 4.79 Å². The van der Waals surface area contributed by atoms with Crippen molar-refractivity contribution in [3.8, 4) is 0 Å². The van der Waals surface area contributed by atoms with E-state index in [1.165, 1.54) is 18.2 Å². The van der Waals surface area contributed by atoms with Crippen LogP contribution in [0.5, 0.6) is 0 Å². The highest BCUT2D eigenvalue weighted by atomic mass is 79.9. The molecule has 0 aliphatic carbocycles. The third-order valence-electron chi connectivity index (χ3n) is 4.50. The number of benzene rings is 2. The molecular weight excluding hydrogens is 490 g/mol. The number of hydrogen-bond donors (Lipinski definition) is 3. The number of hydrogen-bond acceptors (Lipinski definition) is 7. The molecule has 0 unspecified atom stereocenters. The van der Waals surface area contributed by atoms with Crippen molar-refractivity contribution in [3.63, 3.8) is 0 Å². The Hall–Kier alpha value is -1.78. The van der Waals surface area contributed by atoms with Gasteiger partial charge in [-0.05, 0) is 49.3 Å². The number of likely N-dealkylation sites (N-methyl/N-ethyl adjacent to an activating group) is 1. The Morgan fingerprint density at radius 2 is 2.13 bits per heavy atom. The van der Waals surface area contributed by atoms with Crippen LogP contribution in [0.1, 0.15) is 5.56 Å². The molecular formula is C20H23BrClN5O2S. The van der Waals surface area contributed by atoms with Gasteiger partial charge < -0.3 is 26.1 Å². The Morgan fingerprint density at radius 3 is 2.80 bits per heavy atom. The number of nitrogens with zero attached hydrogens (tertiary/aromatic N) is 2. The summed E-state index contributed by atoms with van der Waals surface area (Å²) < 4.78 is 7.98. The highest BCUT2D eigenvalue weighted by Crippen LogP contribution is 2.33. The van der Waals surface area contributed by atoms with E-state index in [1.807, 2.05) is 25.2 Å². The normalized spacial score (nSPS) is 14.1. The van der Waals surface area contributed by atoms with Crippen LogP contribution < -0.4 is 16.0 Å². The first-order chi connectivity index (χ1) is 14.4. The molecule has 160 valence electrons. The number of nitrogens with one attached hydrogen (secondary N) is 2. The number of nitrogen functional groups attached to an aromatic ring is 1. The lowest BCUT2D eigenvalue weighted by Gasteiger charge is -2.29. The number of anilines is 3. The van der Waals surface area contributed by atoms with E-state index in [2.05, 4.69) is 26.1 Å². The van der Waals surface area contributed by atoms with Crippen LogP contribution in [0, 0.1) is 5.41 Å². The summed E-state index contributed by atoms with van der Waals surface area (Å²) in [5.74, 6) is -0.166. The summed E-state index contributed by atoms with van der Waals surface area (Å²) in [5.41, 5.74) is 8.84. The standard InChI is InChI=1S/C20H23BrClN5O2S/c1-26(30-18-9-14(21)8-13(11-23)20(18)24)12-19(28)25-15-2-3-17(16(22)10-15)27-4-6-29-7-5-27/h2-3,8-11,23H,4-7,12,24H2,1H3,(H,25,28). The van der Waals surface area contributed by atoms with Crippen molar-refractivity contribution >= 4 is 68.7 Å². The SMILES string of the molecule is CN(CC(=O)Nc1ccc(N2CCOCC2)c(Cl)c1)Sc1cc(Br)cc(C=N)c1N. The molecule has 1 saturated heterocycles. The minimum Gasteiger partial charge on any atom is -0.397 e. The summed E-state index contributed by atoms with van der Waals surface area (Å²) in [6.45, 7) is 3.11. The van der Waals surface area contributed by atoms with Crippen molar-refractivity contribution in [2.24, 2.45) is 0 Å². The number of ether oxygens (including phenoxy) is 1. The van der Waals surface area contributed by atoms with E-state index in [4.69, 9.17) is 27.5 Å². The van der Waals surface area contributed by atoms with Crippen LogP contribution in [0.4, 0.5) is 17.1 Å². The maximum atomic E-state index is 12.5. The van der Waals surface area contributed by atoms with Crippen LogP contribution in [-0.2, 0) is 9.53 Å². The number of carbonyl (C=O) groups excluding carboxylic acids is 1. The van der Waals surface area contributed by atoms with E-state index in [9.17, 15) is 4.79 Å². The van der Waals surface area contributed by atoms with E-state index in [0.29, 0.717) is 35.2 Å². The highest BCUT2D eigenvalue weighted by Gasteiger charge is 2.16. The Bertz CT molecular complexity index is 940. The Kier molecular flexibility index (Phi) is 8.01. The van der Waals surface area contributed by atoms with Crippen LogP contribution in [0.3, 0.4) is 0 Å². The maximum Gasteiger partial charge on any atom is 0.239 e. The van der Waals surface area contributed by atoms with Crippen LogP contribution in [0.2, 0.25) is 5.02 Å². The molecule has 7 nitrogen and oxygen atoms in total. The van der Waals surface area contributed by atoms with Crippen molar-refractivity contribution < 1.29 is 9.53 Å². The van der Waals surface area contributed by atoms with Crippen molar-refractivity contribution in [1.82, 2.24) is 4.31 Å². The summed E-state index contributed by atoms with van der Waals surface area (Å²) in [6, 6.07) is 9.18. The molecule has 2 aromatic rings. The molecule has 0 bridgehead atoms. The van der Waals surface area contributed by atoms with Gasteiger partial charge in [-0.15, -0.1) is 0 Å². The van der Waals surface area contributed by atoms with E-state index >= 15 is 0 Å². The number of carbonyl (C=O) groups is 1. The van der Waals surface area contributed by atoms with Gasteiger partial charge >= 0.3 is 0 Å². The molecule has 10 heteroatoms. The molecule has 30 heavy (non-hydrogen) atoms. The zero-order chi connectivity index (χ0) is 21.7. The smallest absolute Gasteiger partial charge is 0.239 e. The van der Waals surface area contributed by atoms with Crippen LogP contribution >= 0.6 is 39.5 Å². The lowest BCUT2D eigenvalue weighted by Crippen LogP contribution is -2.36. The van der Waals surface area contributed by atoms with E-state index in [1.54, 1.807) is 16.4 Å². The molecule has 4 N–H and O–H groups in total. The van der Waals surface area contributed by atoms with Crippen molar-refractivity contribution in [3.05, 3.63) is 45.4 Å². The lowest BCUT2D eigenvalue weighted by atomic mass is 10.2. The molecule has 0 aromatic heterocycles. The fraction of sp³-hybridized carbons (Fsp3) is 0.300. The minimum atomic E-state index is -0.166. The monoisotopic (exact) mass is 511 g/mol. The molecule has 0 spiro atoms. The molecule has 0 radical (unpaired) electrons. The fourth-order valence-electron chi connectivity index (χ4n) is 3.06. The third-order valence-corrected chi connectivity index (χ3v) is 6.23. The second kappa shape index (κ2) is 10.5. The Labute approximate surface area is 193 Å². The van der Waals surface area contributed by atoms with Gasteiger partial charge in [0.25, 0.3) is 0 Å². The summed E-state index contributed by atoms with van der Waals surface area (Å²) in [5, 5.41) is 10.9. The van der Waals surface area contributed by atoms with Gasteiger partial charge in [0.1, 0.15) is 0 Å². The van der Waals surface area contributed by atoms with Crippen LogP contribution in [0.15, 0.2) is 39.7 Å². The van der Waals surface area contributed by atoms with Crippen molar-refractivity contribution in [2.45, 2.75) is 4.90 Å². The summed E-state index contributed by atoms with van der Waals surface area (Å²) >= 11 is 11.2. The van der Waals surface area contributed by atoms with Gasteiger partial charge in [0.2, 0.25) is 5.91 Å². The molecule has 1 fully saturated rings. The van der Waals surface area contributed by atoms with Crippen LogP contribution in [-0.4, -0.2) is 56.3 Å². The van der Waals surface area contributed by atoms with E-state index in [0.717, 1.165) is 28.1 Å². The summed E-state index contributed by atoms with van der Waals surface area (Å²) in [6.07, 6.45) is 1.21. The van der Waals surface area contributed by atoms with Gasteiger partial charge in [-0.25, -0.2) is 4.31 Å². The Morgan fingerprint density at radius 1 is 1.40 bits per heavy atom. The lowest BCUT2D eigenvalue weighted by molar-refractivity contribution is -0.116. The van der Waals surface area contributed by atoms with Gasteiger partial charge in [-0.2, -0.15) is 0 Å². The fourth-order valence-corrected chi connectivity index (χ4v) is 4.90. The maximum absolute atomic E-state index is 12.5. The molecule has 2 aromatic carbocycles. The molecule has 3 rings (SSSR count). The number of amides is 1. The zero-order valence-electron chi connectivity index (χ0n) is 16.5. The second-order valence-electron chi connectivity index (χ2n) is 6.74. The van der Waals surface area contributed by atoms with E-state index in [-0.39, 0.29) is 12.5 Å². The minimum absolute atomic E-state index is 0.152. The first-order valence-corrected chi connectivity index (χ1v) is 11.2. The van der Waals surface area contributed by atoms with Crippen molar-refractivity contribution in [2.75, 3.05) is 55.8 Å². The Balaban J connectivity index is 1.59. The van der Waals surface area contributed by atoms with Crippen LogP contribution in [0.25, 0.3) is 0 Å². The van der Waals surface area contributed by atoms with Gasteiger partial charge in [0.05, 0.1) is 36.2 Å². The van der Waals surface area contributed by atoms with Crippen molar-refractivity contribution in [1.29, 1.82) is 5.41 Å². The summed E-state index contributed by atoms with van der Waals surface area (Å²) in [4.78, 5) is 15.4. The predicted molar refractivity (Wildman–Crippen MR) is 128 cm³/mol. The van der Waals surface area contributed by atoms with Gasteiger partial charge in [0, 0.05) is 39.9 Å². The van der Waals surface area contributed by atoms with Gasteiger partial charge in [0.15, 0.2) is 0 Å². The molecule has 1 aliphatic heterocycles. The number of rotatable bonds is 7.